The van der Waals surface area contributed by atoms with E-state index in [1.807, 2.05) is 36.4 Å². The molecule has 0 aliphatic heterocycles. The first kappa shape index (κ1) is 9.94. The molecule has 0 saturated heterocycles. The summed E-state index contributed by atoms with van der Waals surface area (Å²) in [5, 5.41) is 0. The molecule has 0 bridgehead atoms. The van der Waals surface area contributed by atoms with Gasteiger partial charge in [0.15, 0.2) is 0 Å². The van der Waals surface area contributed by atoms with Crippen molar-refractivity contribution in [3.8, 4) is 11.1 Å². The van der Waals surface area contributed by atoms with E-state index in [2.05, 4.69) is 44.0 Å². The molecule has 2 heteroatoms. The summed E-state index contributed by atoms with van der Waals surface area (Å²) in [7, 11) is 0. The number of benzene rings is 2. The first-order valence-electron chi connectivity index (χ1n) is 4.19. The molecule has 0 aliphatic rings. The van der Waals surface area contributed by atoms with Gasteiger partial charge in [0.2, 0.25) is 0 Å². The molecule has 2 rings (SSSR count). The molecule has 0 saturated carbocycles. The van der Waals surface area contributed by atoms with E-state index in [0.717, 1.165) is 8.95 Å². The second-order valence-electron chi connectivity index (χ2n) is 2.91. The van der Waals surface area contributed by atoms with Gasteiger partial charge < -0.3 is 0 Å². The molecule has 0 spiro atoms. The second-order valence-corrected chi connectivity index (χ2v) is 4.68. The summed E-state index contributed by atoms with van der Waals surface area (Å²) in [5.74, 6) is 0. The van der Waals surface area contributed by atoms with E-state index in [0.29, 0.717) is 0 Å². The third-order valence-corrected chi connectivity index (χ3v) is 3.11. The average molecular weight is 311 g/mol. The van der Waals surface area contributed by atoms with Gasteiger partial charge in [0.25, 0.3) is 0 Å². The highest BCUT2D eigenvalue weighted by atomic mass is 79.9. The maximum atomic E-state index is 3.54. The SMILES string of the molecule is Brc1ccc(-c2cc[c]cc2)c(Br)c1. The Morgan fingerprint density at radius 1 is 0.929 bits per heavy atom. The van der Waals surface area contributed by atoms with E-state index < -0.39 is 0 Å². The summed E-state index contributed by atoms with van der Waals surface area (Å²) in [4.78, 5) is 0. The molecule has 0 aromatic heterocycles. The van der Waals surface area contributed by atoms with E-state index in [4.69, 9.17) is 0 Å². The molecule has 0 nitrogen and oxygen atoms in total. The maximum Gasteiger partial charge on any atom is 0.0264 e. The first-order valence-corrected chi connectivity index (χ1v) is 5.77. The van der Waals surface area contributed by atoms with Crippen molar-refractivity contribution in [3.63, 3.8) is 0 Å². The van der Waals surface area contributed by atoms with Gasteiger partial charge in [0.1, 0.15) is 0 Å². The Hall–Kier alpha value is -0.600. The molecule has 2 aromatic rings. The van der Waals surface area contributed by atoms with Gasteiger partial charge in [-0.3, -0.25) is 0 Å². The van der Waals surface area contributed by atoms with Crippen LogP contribution in [0.4, 0.5) is 0 Å². The van der Waals surface area contributed by atoms with Crippen LogP contribution in [-0.2, 0) is 0 Å². The highest BCUT2D eigenvalue weighted by Gasteiger charge is 2.01. The molecule has 0 fully saturated rings. The third-order valence-electron chi connectivity index (χ3n) is 1.96. The lowest BCUT2D eigenvalue weighted by Gasteiger charge is -2.04. The molecule has 69 valence electrons. The minimum absolute atomic E-state index is 1.08. The summed E-state index contributed by atoms with van der Waals surface area (Å²) >= 11 is 6.98. The molecule has 0 heterocycles. The first-order chi connectivity index (χ1) is 6.77. The fourth-order valence-electron chi connectivity index (χ4n) is 1.29. The highest BCUT2D eigenvalue weighted by Crippen LogP contribution is 2.30. The van der Waals surface area contributed by atoms with Gasteiger partial charge >= 0.3 is 0 Å². The molecule has 0 aliphatic carbocycles. The zero-order valence-electron chi connectivity index (χ0n) is 7.30. The van der Waals surface area contributed by atoms with Gasteiger partial charge in [-0.05, 0) is 29.3 Å². The van der Waals surface area contributed by atoms with Crippen LogP contribution in [0, 0.1) is 6.07 Å². The highest BCUT2D eigenvalue weighted by molar-refractivity contribution is 9.11. The Morgan fingerprint density at radius 3 is 2.29 bits per heavy atom. The monoisotopic (exact) mass is 309 g/mol. The van der Waals surface area contributed by atoms with E-state index in [-0.39, 0.29) is 0 Å². The zero-order chi connectivity index (χ0) is 9.97. The molecular formula is C12H7Br2. The molecule has 0 atom stereocenters. The predicted octanol–water partition coefficient (Wildman–Crippen LogP) is 4.68. The number of halogens is 2. The Labute approximate surface area is 100 Å². The van der Waals surface area contributed by atoms with Crippen LogP contribution in [0.3, 0.4) is 0 Å². The van der Waals surface area contributed by atoms with E-state index in [1.165, 1.54) is 11.1 Å². The summed E-state index contributed by atoms with van der Waals surface area (Å²) in [6.07, 6.45) is 0. The molecule has 0 N–H and O–H groups in total. The van der Waals surface area contributed by atoms with Crippen molar-refractivity contribution in [2.45, 2.75) is 0 Å². The Kier molecular flexibility index (Phi) is 3.04. The third kappa shape index (κ3) is 2.07. The van der Waals surface area contributed by atoms with Gasteiger partial charge in [-0.25, -0.2) is 0 Å². The Morgan fingerprint density at radius 2 is 1.64 bits per heavy atom. The van der Waals surface area contributed by atoms with E-state index in [1.54, 1.807) is 0 Å². The average Bonchev–Trinajstić information content (AvgIpc) is 2.19. The van der Waals surface area contributed by atoms with Gasteiger partial charge in [0, 0.05) is 8.95 Å². The second kappa shape index (κ2) is 4.28. The van der Waals surface area contributed by atoms with Gasteiger partial charge in [-0.2, -0.15) is 0 Å². The smallest absolute Gasteiger partial charge is 0.0264 e. The van der Waals surface area contributed by atoms with Crippen molar-refractivity contribution in [1.29, 1.82) is 0 Å². The lowest BCUT2D eigenvalue weighted by molar-refractivity contribution is 1.55. The molecule has 14 heavy (non-hydrogen) atoms. The normalized spacial score (nSPS) is 10.1. The fraction of sp³-hybridized carbons (Fsp3) is 0. The van der Waals surface area contributed by atoms with Crippen LogP contribution in [0.1, 0.15) is 0 Å². The summed E-state index contributed by atoms with van der Waals surface area (Å²) in [6.45, 7) is 0. The standard InChI is InChI=1S/C12H7Br2/c13-10-6-7-11(12(14)8-10)9-4-2-1-3-5-9/h2-8H. The molecule has 0 amide bonds. The predicted molar refractivity (Wildman–Crippen MR) is 66.1 cm³/mol. The van der Waals surface area contributed by atoms with Crippen LogP contribution in [0.5, 0.6) is 0 Å². The number of hydrogen-bond acceptors (Lipinski definition) is 0. The minimum atomic E-state index is 1.08. The zero-order valence-corrected chi connectivity index (χ0v) is 10.5. The van der Waals surface area contributed by atoms with Crippen LogP contribution in [0.2, 0.25) is 0 Å². The number of hydrogen-bond donors (Lipinski definition) is 0. The summed E-state index contributed by atoms with van der Waals surface area (Å²) in [5.41, 5.74) is 2.39. The van der Waals surface area contributed by atoms with Crippen LogP contribution in [-0.4, -0.2) is 0 Å². The maximum absolute atomic E-state index is 3.54. The molecular weight excluding hydrogens is 304 g/mol. The quantitative estimate of drug-likeness (QED) is 0.717. The van der Waals surface area contributed by atoms with Crippen molar-refractivity contribution in [1.82, 2.24) is 0 Å². The Bertz CT molecular complexity index is 435. The van der Waals surface area contributed by atoms with Crippen molar-refractivity contribution < 1.29 is 0 Å². The minimum Gasteiger partial charge on any atom is -0.0538 e. The molecule has 2 aromatic carbocycles. The van der Waals surface area contributed by atoms with Crippen molar-refractivity contribution >= 4 is 31.9 Å². The van der Waals surface area contributed by atoms with Crippen LogP contribution < -0.4 is 0 Å². The largest absolute Gasteiger partial charge is 0.0538 e. The van der Waals surface area contributed by atoms with Crippen LogP contribution in [0.25, 0.3) is 11.1 Å². The topological polar surface area (TPSA) is 0 Å². The fourth-order valence-corrected chi connectivity index (χ4v) is 2.57. The number of rotatable bonds is 1. The van der Waals surface area contributed by atoms with Crippen molar-refractivity contribution in [3.05, 3.63) is 57.5 Å². The molecule has 0 unspecified atom stereocenters. The van der Waals surface area contributed by atoms with Crippen molar-refractivity contribution in [2.75, 3.05) is 0 Å². The van der Waals surface area contributed by atoms with Gasteiger partial charge in [-0.1, -0.05) is 62.2 Å². The van der Waals surface area contributed by atoms with Gasteiger partial charge in [-0.15, -0.1) is 0 Å². The van der Waals surface area contributed by atoms with E-state index >= 15 is 0 Å². The summed E-state index contributed by atoms with van der Waals surface area (Å²) in [6, 6.07) is 17.1. The Balaban J connectivity index is 2.53. The van der Waals surface area contributed by atoms with Crippen molar-refractivity contribution in [2.24, 2.45) is 0 Å². The van der Waals surface area contributed by atoms with Crippen LogP contribution in [0.15, 0.2) is 51.4 Å². The van der Waals surface area contributed by atoms with E-state index in [9.17, 15) is 0 Å². The molecule has 1 radical (unpaired) electrons. The van der Waals surface area contributed by atoms with Gasteiger partial charge in [0.05, 0.1) is 0 Å². The summed E-state index contributed by atoms with van der Waals surface area (Å²) < 4.78 is 2.17. The van der Waals surface area contributed by atoms with Crippen LogP contribution >= 0.6 is 31.9 Å². The lowest BCUT2D eigenvalue weighted by Crippen LogP contribution is -1.78. The lowest BCUT2D eigenvalue weighted by atomic mass is 10.1.